The fraction of sp³-hybridized carbons (Fsp3) is 0.231. The molecular weight excluding hydrogens is 528 g/mol. The van der Waals surface area contributed by atoms with Gasteiger partial charge in [0.15, 0.2) is 9.84 Å². The van der Waals surface area contributed by atoms with Crippen LogP contribution >= 0.6 is 11.6 Å². The Balaban J connectivity index is 1.85. The smallest absolute Gasteiger partial charge is 0.411 e. The molecule has 1 N–H and O–H groups in total. The molecule has 196 valence electrons. The minimum absolute atomic E-state index is 0.0966. The fourth-order valence-electron chi connectivity index (χ4n) is 3.70. The molecule has 0 fully saturated rings. The predicted molar refractivity (Wildman–Crippen MR) is 134 cm³/mol. The van der Waals surface area contributed by atoms with Crippen molar-refractivity contribution in [3.63, 3.8) is 0 Å². The number of amides is 1. The molecule has 3 aromatic rings. The lowest BCUT2D eigenvalue weighted by molar-refractivity contribution is 0.0527. The Hall–Kier alpha value is -3.50. The number of sulfone groups is 1. The molecule has 0 radical (unpaired) electrons. The van der Waals surface area contributed by atoms with Crippen LogP contribution in [0.3, 0.4) is 0 Å². The molecule has 0 spiro atoms. The third-order valence-corrected chi connectivity index (χ3v) is 7.96. The van der Waals surface area contributed by atoms with E-state index in [1.807, 2.05) is 0 Å². The van der Waals surface area contributed by atoms with Crippen molar-refractivity contribution in [3.8, 4) is 0 Å². The molecule has 7 nitrogen and oxygen atoms in total. The highest BCUT2D eigenvalue weighted by Gasteiger charge is 2.37. The van der Waals surface area contributed by atoms with Crippen molar-refractivity contribution >= 4 is 39.2 Å². The summed E-state index contributed by atoms with van der Waals surface area (Å²) in [5.41, 5.74) is -0.182. The Bertz CT molecular complexity index is 1380. The molecule has 3 rings (SSSR count). The Morgan fingerprint density at radius 2 is 1.68 bits per heavy atom. The van der Waals surface area contributed by atoms with Crippen LogP contribution in [0.5, 0.6) is 0 Å². The molecule has 1 amide bonds. The minimum Gasteiger partial charge on any atom is -0.462 e. The van der Waals surface area contributed by atoms with E-state index in [9.17, 15) is 26.8 Å². The van der Waals surface area contributed by atoms with Gasteiger partial charge in [0.2, 0.25) is 0 Å². The van der Waals surface area contributed by atoms with Crippen LogP contribution in [0, 0.1) is 17.6 Å². The molecule has 0 saturated heterocycles. The van der Waals surface area contributed by atoms with Gasteiger partial charge >= 0.3 is 12.1 Å². The van der Waals surface area contributed by atoms with Gasteiger partial charge in [-0.3, -0.25) is 5.32 Å². The summed E-state index contributed by atoms with van der Waals surface area (Å²) < 4.78 is 66.0. The molecule has 37 heavy (non-hydrogen) atoms. The molecule has 0 bridgehead atoms. The van der Waals surface area contributed by atoms with Crippen LogP contribution in [-0.2, 0) is 19.3 Å². The third-order valence-electron chi connectivity index (χ3n) is 5.39. The number of halogens is 3. The first-order valence-corrected chi connectivity index (χ1v) is 13.1. The van der Waals surface area contributed by atoms with Crippen molar-refractivity contribution in [1.29, 1.82) is 0 Å². The van der Waals surface area contributed by atoms with Gasteiger partial charge in [0.1, 0.15) is 11.6 Å². The van der Waals surface area contributed by atoms with Crippen LogP contribution in [0.15, 0.2) is 71.6 Å². The first-order chi connectivity index (χ1) is 17.5. The molecule has 2 atom stereocenters. The van der Waals surface area contributed by atoms with Crippen molar-refractivity contribution in [3.05, 3.63) is 94.5 Å². The number of nitrogens with one attached hydrogen (secondary N) is 1. The van der Waals surface area contributed by atoms with Gasteiger partial charge in [-0.15, -0.1) is 0 Å². The molecule has 0 aliphatic rings. The zero-order valence-electron chi connectivity index (χ0n) is 19.9. The molecule has 0 aromatic heterocycles. The number of carbonyl (C=O) groups excluding carboxylic acids is 2. The number of hydrogen-bond donors (Lipinski definition) is 1. The van der Waals surface area contributed by atoms with Crippen molar-refractivity contribution in [2.75, 3.05) is 18.5 Å². The second-order valence-corrected chi connectivity index (χ2v) is 10.6. The van der Waals surface area contributed by atoms with Gasteiger partial charge in [0.05, 0.1) is 34.6 Å². The number of anilines is 1. The summed E-state index contributed by atoms with van der Waals surface area (Å²) in [5, 5.41) is 1.12. The van der Waals surface area contributed by atoms with Gasteiger partial charge in [0, 0.05) is 16.5 Å². The predicted octanol–water partition coefficient (Wildman–Crippen LogP) is 6.19. The van der Waals surface area contributed by atoms with Crippen LogP contribution in [-0.4, -0.2) is 33.7 Å². The lowest BCUT2D eigenvalue weighted by Gasteiger charge is -2.25. The van der Waals surface area contributed by atoms with Crippen LogP contribution in [0.4, 0.5) is 19.3 Å². The Morgan fingerprint density at radius 1 is 1.00 bits per heavy atom. The Kier molecular flexibility index (Phi) is 9.23. The van der Waals surface area contributed by atoms with E-state index >= 15 is 0 Å². The highest BCUT2D eigenvalue weighted by Crippen LogP contribution is 2.37. The van der Waals surface area contributed by atoms with Gasteiger partial charge in [-0.2, -0.15) is 0 Å². The number of esters is 1. The van der Waals surface area contributed by atoms with Gasteiger partial charge in [0.25, 0.3) is 0 Å². The van der Waals surface area contributed by atoms with E-state index in [0.717, 1.165) is 18.2 Å². The minimum atomic E-state index is -4.28. The van der Waals surface area contributed by atoms with E-state index in [2.05, 4.69) is 5.32 Å². The highest BCUT2D eigenvalue weighted by atomic mass is 35.5. The van der Waals surface area contributed by atoms with E-state index in [4.69, 9.17) is 21.1 Å². The first kappa shape index (κ1) is 28.1. The van der Waals surface area contributed by atoms with E-state index in [0.29, 0.717) is 5.02 Å². The normalized spacial score (nSPS) is 12.9. The van der Waals surface area contributed by atoms with Crippen LogP contribution in [0.1, 0.15) is 35.0 Å². The lowest BCUT2D eigenvalue weighted by atomic mass is 10.0. The maximum absolute atomic E-state index is 14.7. The molecule has 3 aromatic carbocycles. The van der Waals surface area contributed by atoms with E-state index in [-0.39, 0.29) is 22.8 Å². The lowest BCUT2D eigenvalue weighted by Crippen LogP contribution is -2.27. The Labute approximate surface area is 218 Å². The maximum Gasteiger partial charge on any atom is 0.411 e. The molecule has 0 aliphatic carbocycles. The van der Waals surface area contributed by atoms with E-state index < -0.39 is 56.9 Å². The third kappa shape index (κ3) is 6.84. The van der Waals surface area contributed by atoms with Crippen LogP contribution in [0.2, 0.25) is 5.02 Å². The van der Waals surface area contributed by atoms with Gasteiger partial charge < -0.3 is 9.47 Å². The van der Waals surface area contributed by atoms with Gasteiger partial charge in [-0.05, 0) is 61.5 Å². The number of rotatable bonds is 9. The molecule has 0 heterocycles. The van der Waals surface area contributed by atoms with E-state index in [1.54, 1.807) is 19.1 Å². The summed E-state index contributed by atoms with van der Waals surface area (Å²) >= 11 is 5.87. The molecule has 1 unspecified atom stereocenters. The topological polar surface area (TPSA) is 98.8 Å². The number of ether oxygens (including phenoxy) is 2. The van der Waals surface area contributed by atoms with E-state index in [1.165, 1.54) is 43.3 Å². The SMILES string of the molecule is CCOC(=O)c1ccccc1NC(=O)OC[C@@H](C)C(c1cc(F)ccc1F)S(=O)(=O)c1ccc(Cl)cc1. The second kappa shape index (κ2) is 12.2. The quantitative estimate of drug-likeness (QED) is 0.318. The Morgan fingerprint density at radius 3 is 2.35 bits per heavy atom. The van der Waals surface area contributed by atoms with Crippen molar-refractivity contribution in [2.24, 2.45) is 5.92 Å². The van der Waals surface area contributed by atoms with Crippen molar-refractivity contribution in [1.82, 2.24) is 0 Å². The average molecular weight is 552 g/mol. The molecular formula is C26H24ClF2NO6S. The number of hydrogen-bond acceptors (Lipinski definition) is 6. The highest BCUT2D eigenvalue weighted by molar-refractivity contribution is 7.91. The van der Waals surface area contributed by atoms with Gasteiger partial charge in [-0.25, -0.2) is 26.8 Å². The average Bonchev–Trinajstić information content (AvgIpc) is 2.85. The standard InChI is InChI=1S/C26H24ClF2NO6S/c1-3-35-25(31)20-6-4-5-7-23(20)30-26(32)36-15-16(2)24(21-14-18(28)10-13-22(21)29)37(33,34)19-11-8-17(27)9-12-19/h4-14,16,24H,3,15H2,1-2H3,(H,30,32)/t16-,24?/m1/s1. The summed E-state index contributed by atoms with van der Waals surface area (Å²) in [4.78, 5) is 24.5. The zero-order valence-corrected chi connectivity index (χ0v) is 21.5. The fourth-order valence-corrected chi connectivity index (χ4v) is 5.84. The second-order valence-electron chi connectivity index (χ2n) is 8.05. The number of carbonyl (C=O) groups is 2. The van der Waals surface area contributed by atoms with Gasteiger partial charge in [-0.1, -0.05) is 30.7 Å². The number of benzene rings is 3. The summed E-state index contributed by atoms with van der Waals surface area (Å²) in [6, 6.07) is 13.9. The zero-order chi connectivity index (χ0) is 27.2. The maximum atomic E-state index is 14.7. The first-order valence-electron chi connectivity index (χ1n) is 11.2. The summed E-state index contributed by atoms with van der Waals surface area (Å²) in [6.45, 7) is 2.73. The number of para-hydroxylation sites is 1. The van der Waals surface area contributed by atoms with Crippen molar-refractivity contribution < 1.29 is 36.3 Å². The largest absolute Gasteiger partial charge is 0.462 e. The van der Waals surface area contributed by atoms with Crippen LogP contribution < -0.4 is 5.32 Å². The molecule has 0 aliphatic heterocycles. The summed E-state index contributed by atoms with van der Waals surface area (Å²) in [6.07, 6.45) is -0.981. The summed E-state index contributed by atoms with van der Waals surface area (Å²) in [7, 11) is -4.28. The molecule has 11 heteroatoms. The molecule has 0 saturated carbocycles. The van der Waals surface area contributed by atoms with Crippen molar-refractivity contribution in [2.45, 2.75) is 24.0 Å². The van der Waals surface area contributed by atoms with Crippen LogP contribution in [0.25, 0.3) is 0 Å². The summed E-state index contributed by atoms with van der Waals surface area (Å²) in [5.74, 6) is -3.41. The monoisotopic (exact) mass is 551 g/mol.